The van der Waals surface area contributed by atoms with Gasteiger partial charge in [0.1, 0.15) is 0 Å². The molecule has 3 heterocycles. The van der Waals surface area contributed by atoms with E-state index in [0.717, 1.165) is 66.0 Å². The first kappa shape index (κ1) is 19.7. The Labute approximate surface area is 174 Å². The van der Waals surface area contributed by atoms with Crippen LogP contribution in [0.5, 0.6) is 0 Å². The maximum Gasteiger partial charge on any atom is 0.224 e. The number of ketones is 1. The van der Waals surface area contributed by atoms with Crippen molar-refractivity contribution in [1.29, 1.82) is 0 Å². The number of aryl methyl sites for hydroxylation is 2. The molecule has 1 aliphatic carbocycles. The van der Waals surface area contributed by atoms with Crippen LogP contribution in [0.15, 0.2) is 24.3 Å². The molecule has 2 aliphatic rings. The molecule has 0 unspecified atom stereocenters. The van der Waals surface area contributed by atoms with Gasteiger partial charge in [-0.3, -0.25) is 14.3 Å². The molecule has 1 amide bonds. The minimum atomic E-state index is -0.0316. The third-order valence-electron chi connectivity index (χ3n) is 5.63. The topological polar surface area (TPSA) is 91.8 Å². The maximum absolute atomic E-state index is 12.4. The molecule has 3 N–H and O–H groups in total. The number of H-pyrrole nitrogens is 1. The first-order valence-electron chi connectivity index (χ1n) is 9.91. The molecule has 0 fully saturated rings. The van der Waals surface area contributed by atoms with Crippen LogP contribution in [-0.4, -0.2) is 33.0 Å². The Kier molecular flexibility index (Phi) is 5.43. The van der Waals surface area contributed by atoms with E-state index >= 15 is 0 Å². The van der Waals surface area contributed by atoms with Crippen molar-refractivity contribution in [2.24, 2.45) is 0 Å². The van der Waals surface area contributed by atoms with Gasteiger partial charge in [0.05, 0.1) is 23.6 Å². The number of nitrogens with one attached hydrogen (secondary N) is 3. The highest BCUT2D eigenvalue weighted by molar-refractivity contribution is 6.04. The summed E-state index contributed by atoms with van der Waals surface area (Å²) in [5.74, 6) is 0.150. The number of halogens is 1. The van der Waals surface area contributed by atoms with Gasteiger partial charge >= 0.3 is 0 Å². The van der Waals surface area contributed by atoms with Crippen LogP contribution >= 0.6 is 12.4 Å². The molecule has 0 radical (unpaired) electrons. The van der Waals surface area contributed by atoms with Crippen molar-refractivity contribution < 1.29 is 9.59 Å². The normalized spacial score (nSPS) is 15.5. The van der Waals surface area contributed by atoms with Crippen LogP contribution in [0.25, 0.3) is 10.9 Å². The second kappa shape index (κ2) is 8.00. The number of aromatic nitrogens is 3. The van der Waals surface area contributed by atoms with Gasteiger partial charge in [-0.15, -0.1) is 12.4 Å². The van der Waals surface area contributed by atoms with Crippen molar-refractivity contribution in [3.8, 4) is 0 Å². The van der Waals surface area contributed by atoms with Crippen LogP contribution in [0.4, 0.5) is 5.69 Å². The average Bonchev–Trinajstić information content (AvgIpc) is 3.28. The summed E-state index contributed by atoms with van der Waals surface area (Å²) in [6, 6.07) is 7.90. The largest absolute Gasteiger partial charge is 0.352 e. The van der Waals surface area contributed by atoms with Crippen molar-refractivity contribution in [2.75, 3.05) is 11.9 Å². The van der Waals surface area contributed by atoms with Crippen LogP contribution in [0.1, 0.15) is 46.7 Å². The smallest absolute Gasteiger partial charge is 0.224 e. The second-order valence-corrected chi connectivity index (χ2v) is 7.59. The molecule has 1 aromatic carbocycles. The fourth-order valence-electron chi connectivity index (χ4n) is 4.22. The number of aromatic amines is 1. The lowest BCUT2D eigenvalue weighted by molar-refractivity contribution is -0.116. The van der Waals surface area contributed by atoms with Crippen molar-refractivity contribution >= 4 is 40.7 Å². The summed E-state index contributed by atoms with van der Waals surface area (Å²) >= 11 is 0. The minimum Gasteiger partial charge on any atom is -0.352 e. The van der Waals surface area contributed by atoms with E-state index in [4.69, 9.17) is 0 Å². The van der Waals surface area contributed by atoms with E-state index in [2.05, 4.69) is 26.8 Å². The van der Waals surface area contributed by atoms with E-state index < -0.39 is 0 Å². The van der Waals surface area contributed by atoms with E-state index in [9.17, 15) is 9.59 Å². The number of carbonyl (C=O) groups is 2. The third-order valence-corrected chi connectivity index (χ3v) is 5.63. The summed E-state index contributed by atoms with van der Waals surface area (Å²) in [6.45, 7) is 2.65. The van der Waals surface area contributed by atoms with Gasteiger partial charge in [-0.1, -0.05) is 6.07 Å². The van der Waals surface area contributed by atoms with Crippen LogP contribution in [0.3, 0.4) is 0 Å². The number of hydrogen-bond donors (Lipinski definition) is 3. The number of anilines is 1. The van der Waals surface area contributed by atoms with E-state index in [-0.39, 0.29) is 24.1 Å². The van der Waals surface area contributed by atoms with Crippen LogP contribution in [0, 0.1) is 0 Å². The first-order valence-corrected chi connectivity index (χ1v) is 9.91. The fourth-order valence-corrected chi connectivity index (χ4v) is 4.22. The molecular weight excluding hydrogens is 390 g/mol. The van der Waals surface area contributed by atoms with E-state index in [1.165, 1.54) is 5.69 Å². The summed E-state index contributed by atoms with van der Waals surface area (Å²) in [5.41, 5.74) is 5.65. The number of amides is 1. The molecule has 5 rings (SSSR count). The monoisotopic (exact) mass is 413 g/mol. The molecule has 3 aromatic rings. The summed E-state index contributed by atoms with van der Waals surface area (Å²) in [4.78, 5) is 27.7. The molecule has 0 saturated carbocycles. The van der Waals surface area contributed by atoms with E-state index in [1.807, 2.05) is 22.9 Å². The molecule has 0 saturated heterocycles. The Morgan fingerprint density at radius 1 is 1.24 bits per heavy atom. The SMILES string of the molecule is Cl.O=C(CCc1cc2n(n1)CCNC2)Nc1ccc2c3c([nH]c2c1)C(=O)CCC3. The zero-order valence-electron chi connectivity index (χ0n) is 16.1. The summed E-state index contributed by atoms with van der Waals surface area (Å²) in [5, 5.41) is 11.9. The van der Waals surface area contributed by atoms with Gasteiger partial charge in [0, 0.05) is 48.9 Å². The Balaban J connectivity index is 0.00000205. The number of rotatable bonds is 4. The predicted molar refractivity (Wildman–Crippen MR) is 114 cm³/mol. The van der Waals surface area contributed by atoms with Gasteiger partial charge in [0.2, 0.25) is 5.91 Å². The van der Waals surface area contributed by atoms with Crippen molar-refractivity contribution in [3.63, 3.8) is 0 Å². The Hall–Kier alpha value is -2.64. The summed E-state index contributed by atoms with van der Waals surface area (Å²) in [6.07, 6.45) is 3.46. The number of benzene rings is 1. The quantitative estimate of drug-likeness (QED) is 0.613. The van der Waals surface area contributed by atoms with Crippen LogP contribution < -0.4 is 10.6 Å². The molecule has 2 aromatic heterocycles. The Morgan fingerprint density at radius 2 is 2.14 bits per heavy atom. The molecular formula is C21H24ClN5O2. The molecule has 152 valence electrons. The fraction of sp³-hybridized carbons (Fsp3) is 0.381. The van der Waals surface area contributed by atoms with Gasteiger partial charge in [-0.05, 0) is 36.6 Å². The highest BCUT2D eigenvalue weighted by Crippen LogP contribution is 2.30. The maximum atomic E-state index is 12.4. The standard InChI is InChI=1S/C21H23N5O2.ClH/c27-19-3-1-2-17-16-6-4-13(11-18(16)24-21(17)19)23-20(28)7-5-14-10-15-12-22-8-9-26(15)25-14;/h4,6,10-11,22,24H,1-3,5,7-9,12H2,(H,23,28);1H. The zero-order chi connectivity index (χ0) is 19.1. The third kappa shape index (κ3) is 3.80. The molecule has 0 bridgehead atoms. The van der Waals surface area contributed by atoms with Gasteiger partial charge in [0.25, 0.3) is 0 Å². The molecule has 1 aliphatic heterocycles. The van der Waals surface area contributed by atoms with E-state index in [1.54, 1.807) is 0 Å². The highest BCUT2D eigenvalue weighted by Gasteiger charge is 2.22. The van der Waals surface area contributed by atoms with Crippen molar-refractivity contribution in [3.05, 3.63) is 46.9 Å². The van der Waals surface area contributed by atoms with Crippen LogP contribution in [0.2, 0.25) is 0 Å². The minimum absolute atomic E-state index is 0. The average molecular weight is 414 g/mol. The zero-order valence-corrected chi connectivity index (χ0v) is 16.9. The number of fused-ring (bicyclic) bond motifs is 4. The van der Waals surface area contributed by atoms with Crippen LogP contribution in [-0.2, 0) is 30.7 Å². The molecule has 29 heavy (non-hydrogen) atoms. The van der Waals surface area contributed by atoms with Gasteiger partial charge in [-0.2, -0.15) is 5.10 Å². The Morgan fingerprint density at radius 3 is 3.00 bits per heavy atom. The molecule has 0 atom stereocenters. The summed E-state index contributed by atoms with van der Waals surface area (Å²) < 4.78 is 2.02. The molecule has 0 spiro atoms. The second-order valence-electron chi connectivity index (χ2n) is 7.59. The number of Topliss-reactive ketones (excluding diaryl/α,β-unsaturated/α-hetero) is 1. The lowest BCUT2D eigenvalue weighted by Crippen LogP contribution is -2.28. The number of carbonyl (C=O) groups excluding carboxylic acids is 2. The predicted octanol–water partition coefficient (Wildman–Crippen LogP) is 2.98. The number of hydrogen-bond acceptors (Lipinski definition) is 4. The highest BCUT2D eigenvalue weighted by atomic mass is 35.5. The number of nitrogens with zero attached hydrogens (tertiary/aromatic N) is 2. The van der Waals surface area contributed by atoms with E-state index in [0.29, 0.717) is 19.3 Å². The van der Waals surface area contributed by atoms with Crippen molar-refractivity contribution in [2.45, 2.75) is 45.2 Å². The summed E-state index contributed by atoms with van der Waals surface area (Å²) in [7, 11) is 0. The lowest BCUT2D eigenvalue weighted by Gasteiger charge is -2.13. The van der Waals surface area contributed by atoms with Gasteiger partial charge < -0.3 is 15.6 Å². The lowest BCUT2D eigenvalue weighted by atomic mass is 9.95. The van der Waals surface area contributed by atoms with Gasteiger partial charge in [0.15, 0.2) is 5.78 Å². The van der Waals surface area contributed by atoms with Crippen molar-refractivity contribution in [1.82, 2.24) is 20.1 Å². The van der Waals surface area contributed by atoms with Gasteiger partial charge in [-0.25, -0.2) is 0 Å². The Bertz CT molecular complexity index is 1060. The molecule has 7 nitrogen and oxygen atoms in total. The molecule has 8 heteroatoms. The first-order chi connectivity index (χ1) is 13.7.